The first kappa shape index (κ1) is 52.2. The lowest BCUT2D eigenvalue weighted by Crippen LogP contribution is -2.34. The molecule has 0 saturated heterocycles. The van der Waals surface area contributed by atoms with E-state index in [0.29, 0.717) is 48.5 Å². The SMILES string of the molecule is CCc1cc(C)c(F)cc1-c1ccc2c(-c3nc(C=O)cn3COCC[Si](C)(C)C)nn(COCC[Si](C)(C)C)c2c1.CCc1cc(O)c(F)cc1-c1ccc2c(-c3ncc(CNC4CCC4)[nH]3)n[nH]c2c1. The van der Waals surface area contributed by atoms with Crippen molar-refractivity contribution in [3.05, 3.63) is 113 Å². The molecule has 1 aliphatic carbocycles. The lowest BCUT2D eigenvalue weighted by molar-refractivity contribution is 0.0816. The molecule has 0 amide bonds. The van der Waals surface area contributed by atoms with Gasteiger partial charge in [0, 0.05) is 64.6 Å². The van der Waals surface area contributed by atoms with Crippen LogP contribution in [0.2, 0.25) is 51.4 Å². The molecule has 0 aliphatic heterocycles. The number of halogens is 2. The van der Waals surface area contributed by atoms with Gasteiger partial charge in [0.2, 0.25) is 0 Å². The average Bonchev–Trinajstić information content (AvgIpc) is 4.15. The van der Waals surface area contributed by atoms with Crippen LogP contribution in [0.5, 0.6) is 5.75 Å². The molecule has 4 aromatic carbocycles. The fourth-order valence-electron chi connectivity index (χ4n) is 8.73. The standard InChI is InChI=1S/C32H45FN4O3Si2.C23H24FN5O/c1-9-24-16-23(2)29(33)18-28(24)25-10-11-27-30(17-25)37(22-40-13-15-42(6,7)8)35-31(27)32-34-26(20-38)19-36(32)21-39-12-14-41(3,4)5;1-2-13-9-21(30)19(24)10-18(13)14-6-7-17-20(8-14)28-29-22(17)23-26-12-16(27-23)11-25-15-4-3-5-15/h10-11,16-20H,9,12-15,21-22H2,1-8H3;6-10,12,15,25,30H,2-5,11H2,1H3,(H,26,27)(H,28,29). The lowest BCUT2D eigenvalue weighted by Gasteiger charge is -2.26. The number of aldehydes is 1. The molecule has 8 aromatic rings. The topological polar surface area (TPSA) is 161 Å². The summed E-state index contributed by atoms with van der Waals surface area (Å²) >= 11 is 0. The van der Waals surface area contributed by atoms with Gasteiger partial charge >= 0.3 is 0 Å². The van der Waals surface area contributed by atoms with Gasteiger partial charge in [-0.15, -0.1) is 0 Å². The number of fused-ring (bicyclic) bond motifs is 2. The maximum atomic E-state index is 14.7. The molecule has 1 fully saturated rings. The second-order valence-electron chi connectivity index (χ2n) is 21.4. The Morgan fingerprint density at radius 3 is 2.14 bits per heavy atom. The highest BCUT2D eigenvalue weighted by molar-refractivity contribution is 6.76. The molecule has 72 heavy (non-hydrogen) atoms. The van der Waals surface area contributed by atoms with Gasteiger partial charge in [-0.2, -0.15) is 10.2 Å². The minimum absolute atomic E-state index is 0.219. The molecule has 0 atom stereocenters. The van der Waals surface area contributed by atoms with E-state index < -0.39 is 22.0 Å². The minimum Gasteiger partial charge on any atom is -0.505 e. The van der Waals surface area contributed by atoms with Crippen molar-refractivity contribution in [3.63, 3.8) is 0 Å². The number of phenols is 1. The second-order valence-corrected chi connectivity index (χ2v) is 32.6. The zero-order valence-electron chi connectivity index (χ0n) is 43.2. The van der Waals surface area contributed by atoms with E-state index in [1.165, 1.54) is 31.4 Å². The van der Waals surface area contributed by atoms with Gasteiger partial charge in [-0.3, -0.25) is 9.89 Å². The number of carbonyl (C=O) groups is 1. The number of aromatic amines is 2. The van der Waals surface area contributed by atoms with Crippen molar-refractivity contribution in [3.8, 4) is 51.0 Å². The minimum atomic E-state index is -1.26. The quantitative estimate of drug-likeness (QED) is 0.0331. The number of phenolic OH excluding ortho intramolecular Hbond substituents is 1. The Morgan fingerprint density at radius 1 is 0.833 bits per heavy atom. The highest BCUT2D eigenvalue weighted by atomic mass is 28.3. The first-order valence-corrected chi connectivity index (χ1v) is 32.6. The molecule has 0 spiro atoms. The molecule has 4 aromatic heterocycles. The molecule has 4 N–H and O–H groups in total. The van der Waals surface area contributed by atoms with Crippen molar-refractivity contribution < 1.29 is 28.2 Å². The maximum Gasteiger partial charge on any atom is 0.170 e. The third-order valence-corrected chi connectivity index (χ3v) is 16.8. The number of aromatic nitrogens is 8. The van der Waals surface area contributed by atoms with E-state index >= 15 is 0 Å². The van der Waals surface area contributed by atoms with E-state index in [2.05, 4.69) is 82.7 Å². The predicted molar refractivity (Wildman–Crippen MR) is 289 cm³/mol. The summed E-state index contributed by atoms with van der Waals surface area (Å²) < 4.78 is 44.5. The Balaban J connectivity index is 0.000000203. The van der Waals surface area contributed by atoms with Crippen molar-refractivity contribution in [2.45, 2.75) is 130 Å². The summed E-state index contributed by atoms with van der Waals surface area (Å²) in [7, 11) is -2.49. The Morgan fingerprint density at radius 2 is 1.49 bits per heavy atom. The van der Waals surface area contributed by atoms with Crippen LogP contribution in [0, 0.1) is 18.6 Å². The monoisotopic (exact) mass is 1010 g/mol. The number of aromatic hydroxyl groups is 1. The Kier molecular flexibility index (Phi) is 16.2. The molecule has 0 bridgehead atoms. The number of carbonyl (C=O) groups excluding carboxylic acids is 1. The van der Waals surface area contributed by atoms with Gasteiger partial charge in [-0.05, 0) is 126 Å². The van der Waals surface area contributed by atoms with Crippen LogP contribution in [0.25, 0.3) is 67.1 Å². The largest absolute Gasteiger partial charge is 0.505 e. The van der Waals surface area contributed by atoms with Crippen LogP contribution < -0.4 is 5.32 Å². The Labute approximate surface area is 422 Å². The predicted octanol–water partition coefficient (Wildman–Crippen LogP) is 12.7. The summed E-state index contributed by atoms with van der Waals surface area (Å²) in [5, 5.41) is 27.5. The smallest absolute Gasteiger partial charge is 0.170 e. The van der Waals surface area contributed by atoms with Gasteiger partial charge in [-0.1, -0.05) is 77.7 Å². The first-order chi connectivity index (χ1) is 34.4. The maximum absolute atomic E-state index is 14.7. The first-order valence-electron chi connectivity index (χ1n) is 25.2. The van der Waals surface area contributed by atoms with Crippen LogP contribution in [0.3, 0.4) is 0 Å². The number of nitrogens with zero attached hydrogens (tertiary/aromatic N) is 6. The molecule has 1 saturated carbocycles. The van der Waals surface area contributed by atoms with Gasteiger partial charge < -0.3 is 29.4 Å². The van der Waals surface area contributed by atoms with E-state index in [0.717, 1.165) is 104 Å². The average molecular weight is 1010 g/mol. The number of hydrogen-bond acceptors (Lipinski definition) is 9. The normalized spacial score (nSPS) is 13.2. The van der Waals surface area contributed by atoms with Crippen molar-refractivity contribution in [1.29, 1.82) is 0 Å². The van der Waals surface area contributed by atoms with E-state index in [-0.39, 0.29) is 25.0 Å². The van der Waals surface area contributed by atoms with Gasteiger partial charge in [0.15, 0.2) is 29.5 Å². The van der Waals surface area contributed by atoms with E-state index in [4.69, 9.17) is 14.6 Å². The third-order valence-electron chi connectivity index (χ3n) is 13.4. The van der Waals surface area contributed by atoms with Crippen molar-refractivity contribution >= 4 is 44.2 Å². The van der Waals surface area contributed by atoms with Crippen LogP contribution in [0.1, 0.15) is 66.0 Å². The third kappa shape index (κ3) is 12.4. The number of benzene rings is 4. The fraction of sp³-hybridized carbons (Fsp3) is 0.400. The summed E-state index contributed by atoms with van der Waals surface area (Å²) in [4.78, 5) is 24.2. The van der Waals surface area contributed by atoms with E-state index in [9.17, 15) is 18.7 Å². The highest BCUT2D eigenvalue weighted by Gasteiger charge is 2.23. The number of rotatable bonds is 20. The molecule has 0 unspecified atom stereocenters. The number of imidazole rings is 2. The van der Waals surface area contributed by atoms with Gasteiger partial charge in [0.05, 0.1) is 17.2 Å². The number of nitrogens with one attached hydrogen (secondary N) is 3. The van der Waals surface area contributed by atoms with Crippen LogP contribution >= 0.6 is 0 Å². The number of H-pyrrole nitrogens is 2. The van der Waals surface area contributed by atoms with Gasteiger partial charge in [0.1, 0.15) is 36.4 Å². The number of ether oxygens (including phenoxy) is 2. The molecule has 1 aliphatic rings. The Hall–Kier alpha value is -6.12. The summed E-state index contributed by atoms with van der Waals surface area (Å²) in [6.07, 6.45) is 9.60. The summed E-state index contributed by atoms with van der Waals surface area (Å²) in [5.41, 5.74) is 10.5. The number of aryl methyl sites for hydroxylation is 3. The molecular weight excluding hydrogens is 945 g/mol. The Bertz CT molecular complexity index is 3180. The van der Waals surface area contributed by atoms with Crippen molar-refractivity contribution in [2.24, 2.45) is 0 Å². The molecular formula is C55H69F2N9O4Si2. The van der Waals surface area contributed by atoms with E-state index in [1.807, 2.05) is 58.8 Å². The fourth-order valence-corrected chi connectivity index (χ4v) is 10.2. The summed E-state index contributed by atoms with van der Waals surface area (Å²) in [5.74, 6) is 0.138. The van der Waals surface area contributed by atoms with Crippen LogP contribution in [-0.2, 0) is 42.3 Å². The van der Waals surface area contributed by atoms with Crippen LogP contribution in [0.15, 0.2) is 73.1 Å². The molecule has 17 heteroatoms. The second kappa shape index (κ2) is 22.3. The van der Waals surface area contributed by atoms with Gasteiger partial charge in [-0.25, -0.2) is 23.4 Å². The zero-order chi connectivity index (χ0) is 51.3. The molecule has 380 valence electrons. The number of hydrogen-bond donors (Lipinski definition) is 4. The molecule has 9 rings (SSSR count). The molecule has 13 nitrogen and oxygen atoms in total. The van der Waals surface area contributed by atoms with Crippen LogP contribution in [-0.4, -0.2) is 86.3 Å². The molecule has 0 radical (unpaired) electrons. The highest BCUT2D eigenvalue weighted by Crippen LogP contribution is 2.36. The summed E-state index contributed by atoms with van der Waals surface area (Å²) in [6, 6.07) is 21.1. The zero-order valence-corrected chi connectivity index (χ0v) is 45.2. The lowest BCUT2D eigenvalue weighted by atomic mass is 9.93. The van der Waals surface area contributed by atoms with Crippen molar-refractivity contribution in [2.75, 3.05) is 13.2 Å². The van der Waals surface area contributed by atoms with Crippen molar-refractivity contribution in [1.82, 2.24) is 44.8 Å². The van der Waals surface area contributed by atoms with Crippen LogP contribution in [0.4, 0.5) is 8.78 Å². The van der Waals surface area contributed by atoms with E-state index in [1.54, 1.807) is 19.2 Å². The van der Waals surface area contributed by atoms with Gasteiger partial charge in [0.25, 0.3) is 0 Å². The molecule has 4 heterocycles. The summed E-state index contributed by atoms with van der Waals surface area (Å²) in [6.45, 7) is 22.4.